The van der Waals surface area contributed by atoms with Gasteiger partial charge in [0.2, 0.25) is 0 Å². The van der Waals surface area contributed by atoms with Crippen LogP contribution >= 0.6 is 0 Å². The fraction of sp³-hybridized carbons (Fsp3) is 0. The topological polar surface area (TPSA) is 3.24 Å². The number of rotatable bonds is 4. The first-order chi connectivity index (χ1) is 16.4. The van der Waals surface area contributed by atoms with Crippen molar-refractivity contribution in [3.8, 4) is 11.1 Å². The normalized spacial score (nSPS) is 11.0. The second kappa shape index (κ2) is 8.29. The fourth-order valence-corrected chi connectivity index (χ4v) is 4.71. The first-order valence-corrected chi connectivity index (χ1v) is 11.3. The molecule has 0 N–H and O–H groups in total. The van der Waals surface area contributed by atoms with Gasteiger partial charge in [-0.2, -0.15) is 0 Å². The highest BCUT2D eigenvalue weighted by Gasteiger charge is 2.14. The zero-order valence-corrected chi connectivity index (χ0v) is 18.2. The predicted molar refractivity (Wildman–Crippen MR) is 142 cm³/mol. The van der Waals surface area contributed by atoms with E-state index in [-0.39, 0.29) is 0 Å². The summed E-state index contributed by atoms with van der Waals surface area (Å²) in [6.45, 7) is 0. The summed E-state index contributed by atoms with van der Waals surface area (Å²) in [5, 5.41) is 5.13. The molecule has 0 aromatic heterocycles. The highest BCUT2D eigenvalue weighted by Crippen LogP contribution is 2.39. The van der Waals surface area contributed by atoms with Crippen molar-refractivity contribution in [2.24, 2.45) is 0 Å². The Kier molecular flexibility index (Phi) is 4.86. The molecular weight excluding hydrogens is 398 g/mol. The van der Waals surface area contributed by atoms with Crippen LogP contribution in [-0.2, 0) is 0 Å². The maximum Gasteiger partial charge on any atom is 0.0467 e. The van der Waals surface area contributed by atoms with Crippen LogP contribution in [0, 0.1) is 0 Å². The third kappa shape index (κ3) is 3.54. The predicted octanol–water partition coefficient (Wildman–Crippen LogP) is 9.13. The smallest absolute Gasteiger partial charge is 0.0467 e. The van der Waals surface area contributed by atoms with E-state index in [1.807, 2.05) is 0 Å². The molecule has 0 heterocycles. The molecule has 0 bridgehead atoms. The van der Waals surface area contributed by atoms with Gasteiger partial charge in [0, 0.05) is 17.1 Å². The van der Waals surface area contributed by atoms with Crippen molar-refractivity contribution in [2.45, 2.75) is 0 Å². The fourth-order valence-electron chi connectivity index (χ4n) is 4.71. The van der Waals surface area contributed by atoms with E-state index in [4.69, 9.17) is 0 Å². The first kappa shape index (κ1) is 19.3. The molecule has 0 fully saturated rings. The number of nitrogens with zero attached hydrogens (tertiary/aromatic N) is 1. The molecule has 0 atom stereocenters. The van der Waals surface area contributed by atoms with E-state index < -0.39 is 0 Å². The third-order valence-corrected chi connectivity index (χ3v) is 6.21. The van der Waals surface area contributed by atoms with Crippen LogP contribution in [0.2, 0.25) is 0 Å². The summed E-state index contributed by atoms with van der Waals surface area (Å²) >= 11 is 0. The lowest BCUT2D eigenvalue weighted by Gasteiger charge is -2.26. The van der Waals surface area contributed by atoms with Crippen LogP contribution in [0.1, 0.15) is 0 Å². The van der Waals surface area contributed by atoms with Crippen LogP contribution in [0.25, 0.3) is 32.7 Å². The summed E-state index contributed by atoms with van der Waals surface area (Å²) in [6.07, 6.45) is 0. The van der Waals surface area contributed by atoms with Gasteiger partial charge in [-0.05, 0) is 75.1 Å². The van der Waals surface area contributed by atoms with Gasteiger partial charge in [0.15, 0.2) is 0 Å². The zero-order valence-electron chi connectivity index (χ0n) is 18.2. The highest BCUT2D eigenvalue weighted by molar-refractivity contribution is 6.13. The molecule has 0 aliphatic heterocycles. The summed E-state index contributed by atoms with van der Waals surface area (Å²) in [4.78, 5) is 2.31. The van der Waals surface area contributed by atoms with Gasteiger partial charge in [0.25, 0.3) is 0 Å². The summed E-state index contributed by atoms with van der Waals surface area (Å²) in [6, 6.07) is 49.7. The SMILES string of the molecule is c1ccc(N(c2ccccc2)c2cccc(-c3cc4ccccc4c4ccccc34)c2)cc1. The van der Waals surface area contributed by atoms with Gasteiger partial charge in [-0.25, -0.2) is 0 Å². The highest BCUT2D eigenvalue weighted by atomic mass is 15.1. The minimum atomic E-state index is 1.14. The monoisotopic (exact) mass is 421 g/mol. The summed E-state index contributed by atoms with van der Waals surface area (Å²) < 4.78 is 0. The van der Waals surface area contributed by atoms with E-state index in [0.717, 1.165) is 17.1 Å². The van der Waals surface area contributed by atoms with Crippen LogP contribution < -0.4 is 4.90 Å². The van der Waals surface area contributed by atoms with Crippen molar-refractivity contribution in [3.05, 3.63) is 140 Å². The molecule has 1 heteroatoms. The maximum atomic E-state index is 2.33. The summed E-state index contributed by atoms with van der Waals surface area (Å²) in [5.41, 5.74) is 5.90. The lowest BCUT2D eigenvalue weighted by Crippen LogP contribution is -2.09. The largest absolute Gasteiger partial charge is 0.310 e. The molecule has 0 spiro atoms. The third-order valence-electron chi connectivity index (χ3n) is 6.21. The maximum absolute atomic E-state index is 2.33. The molecule has 0 amide bonds. The van der Waals surface area contributed by atoms with Crippen LogP contribution in [0.3, 0.4) is 0 Å². The van der Waals surface area contributed by atoms with E-state index in [1.54, 1.807) is 0 Å². The summed E-state index contributed by atoms with van der Waals surface area (Å²) in [5.74, 6) is 0. The van der Waals surface area contributed by atoms with Gasteiger partial charge in [-0.3, -0.25) is 0 Å². The molecule has 6 rings (SSSR count). The molecular formula is C32H23N. The lowest BCUT2D eigenvalue weighted by molar-refractivity contribution is 1.28. The molecule has 0 saturated carbocycles. The average molecular weight is 422 g/mol. The van der Waals surface area contributed by atoms with Crippen molar-refractivity contribution < 1.29 is 0 Å². The Hall–Kier alpha value is -4.36. The van der Waals surface area contributed by atoms with Gasteiger partial charge < -0.3 is 4.90 Å². The van der Waals surface area contributed by atoms with Gasteiger partial charge in [0.05, 0.1) is 0 Å². The second-order valence-corrected chi connectivity index (χ2v) is 8.25. The Morgan fingerprint density at radius 3 is 1.61 bits per heavy atom. The number of anilines is 3. The minimum Gasteiger partial charge on any atom is -0.310 e. The summed E-state index contributed by atoms with van der Waals surface area (Å²) in [7, 11) is 0. The van der Waals surface area contributed by atoms with Crippen LogP contribution in [0.15, 0.2) is 140 Å². The average Bonchev–Trinajstić information content (AvgIpc) is 2.90. The molecule has 0 aliphatic rings. The van der Waals surface area contributed by atoms with Crippen molar-refractivity contribution >= 4 is 38.6 Å². The Morgan fingerprint density at radius 1 is 0.364 bits per heavy atom. The van der Waals surface area contributed by atoms with Gasteiger partial charge in [-0.1, -0.05) is 97.1 Å². The Labute approximate surface area is 194 Å². The van der Waals surface area contributed by atoms with E-state index >= 15 is 0 Å². The Morgan fingerprint density at radius 2 is 0.909 bits per heavy atom. The Balaban J connectivity index is 1.57. The first-order valence-electron chi connectivity index (χ1n) is 11.3. The quantitative estimate of drug-likeness (QED) is 0.256. The molecule has 0 aliphatic carbocycles. The minimum absolute atomic E-state index is 1.14. The van der Waals surface area contributed by atoms with Gasteiger partial charge in [-0.15, -0.1) is 0 Å². The standard InChI is InChI=1S/C32H23N/c1-3-14-26(15-4-1)33(27-16-5-2-6-17-27)28-18-11-13-24(22-28)32-23-25-12-7-8-19-29(25)30-20-9-10-21-31(30)32/h1-23H. The zero-order chi connectivity index (χ0) is 22.0. The van der Waals surface area contributed by atoms with Crippen molar-refractivity contribution in [1.29, 1.82) is 0 Å². The molecule has 6 aromatic carbocycles. The van der Waals surface area contributed by atoms with E-state index in [9.17, 15) is 0 Å². The van der Waals surface area contributed by atoms with Crippen molar-refractivity contribution in [2.75, 3.05) is 4.90 Å². The molecule has 33 heavy (non-hydrogen) atoms. The van der Waals surface area contributed by atoms with Crippen LogP contribution in [0.5, 0.6) is 0 Å². The molecule has 0 saturated heterocycles. The van der Waals surface area contributed by atoms with E-state index in [0.29, 0.717) is 0 Å². The van der Waals surface area contributed by atoms with E-state index in [1.165, 1.54) is 32.7 Å². The Bertz CT molecular complexity index is 1510. The van der Waals surface area contributed by atoms with Crippen molar-refractivity contribution in [1.82, 2.24) is 0 Å². The number of para-hydroxylation sites is 2. The van der Waals surface area contributed by atoms with Crippen LogP contribution in [0.4, 0.5) is 17.1 Å². The van der Waals surface area contributed by atoms with Crippen LogP contribution in [-0.4, -0.2) is 0 Å². The number of hydrogen-bond acceptors (Lipinski definition) is 1. The van der Waals surface area contributed by atoms with E-state index in [2.05, 4.69) is 144 Å². The molecule has 0 radical (unpaired) electrons. The number of hydrogen-bond donors (Lipinski definition) is 0. The van der Waals surface area contributed by atoms with Gasteiger partial charge in [0.1, 0.15) is 0 Å². The number of fused-ring (bicyclic) bond motifs is 3. The van der Waals surface area contributed by atoms with Gasteiger partial charge >= 0.3 is 0 Å². The molecule has 156 valence electrons. The molecule has 6 aromatic rings. The number of benzene rings is 6. The molecule has 0 unspecified atom stereocenters. The molecule has 1 nitrogen and oxygen atoms in total. The lowest BCUT2D eigenvalue weighted by atomic mass is 9.93. The second-order valence-electron chi connectivity index (χ2n) is 8.25. The van der Waals surface area contributed by atoms with Crippen molar-refractivity contribution in [3.63, 3.8) is 0 Å².